The molecule has 0 aliphatic heterocycles. The summed E-state index contributed by atoms with van der Waals surface area (Å²) in [5.74, 6) is 0.877. The highest BCUT2D eigenvalue weighted by Crippen LogP contribution is 2.17. The zero-order valence-electron chi connectivity index (χ0n) is 11.2. The van der Waals surface area contributed by atoms with Crippen molar-refractivity contribution in [1.82, 2.24) is 10.6 Å². The second-order valence-corrected chi connectivity index (χ2v) is 5.12. The smallest absolute Gasteiger partial charge is 0.191 e. The van der Waals surface area contributed by atoms with E-state index in [-0.39, 0.29) is 24.0 Å². The Kier molecular flexibility index (Phi) is 7.53. The zero-order valence-corrected chi connectivity index (χ0v) is 14.2. The van der Waals surface area contributed by atoms with Crippen molar-refractivity contribution in [2.45, 2.75) is 38.3 Å². The Morgan fingerprint density at radius 3 is 2.74 bits per heavy atom. The van der Waals surface area contributed by atoms with Gasteiger partial charge < -0.3 is 10.6 Å². The molecule has 0 bridgehead atoms. The van der Waals surface area contributed by atoms with E-state index < -0.39 is 0 Å². The summed E-state index contributed by atoms with van der Waals surface area (Å²) in [4.78, 5) is 4.25. The van der Waals surface area contributed by atoms with Crippen molar-refractivity contribution in [3.8, 4) is 0 Å². The van der Waals surface area contributed by atoms with Crippen molar-refractivity contribution in [3.63, 3.8) is 0 Å². The molecule has 1 aromatic rings. The van der Waals surface area contributed by atoms with E-state index in [2.05, 4.69) is 21.7 Å². The summed E-state index contributed by atoms with van der Waals surface area (Å²) >= 11 is 5.96. The van der Waals surface area contributed by atoms with E-state index in [1.54, 1.807) is 0 Å². The van der Waals surface area contributed by atoms with Crippen LogP contribution in [0.2, 0.25) is 5.02 Å². The molecule has 1 aliphatic carbocycles. The van der Waals surface area contributed by atoms with Crippen molar-refractivity contribution in [2.24, 2.45) is 4.99 Å². The number of aliphatic imine (C=N–C) groups is 1. The van der Waals surface area contributed by atoms with Gasteiger partial charge in [0.15, 0.2) is 5.96 Å². The molecule has 0 saturated heterocycles. The number of nitrogens with zero attached hydrogens (tertiary/aromatic N) is 1. The van der Waals surface area contributed by atoms with Crippen molar-refractivity contribution in [1.29, 1.82) is 0 Å². The number of rotatable bonds is 3. The highest BCUT2D eigenvalue weighted by molar-refractivity contribution is 14.0. The molecule has 0 aromatic heterocycles. The van der Waals surface area contributed by atoms with E-state index in [0.29, 0.717) is 6.04 Å². The first kappa shape index (κ1) is 16.6. The minimum atomic E-state index is 0. The van der Waals surface area contributed by atoms with Crippen LogP contribution in [-0.4, -0.2) is 19.0 Å². The molecule has 0 heterocycles. The maximum absolute atomic E-state index is 5.96. The SMILES string of the molecule is CN=C(NCc1cccc(Cl)c1)NC1CCCC1.I. The third kappa shape index (κ3) is 5.57. The monoisotopic (exact) mass is 393 g/mol. The summed E-state index contributed by atoms with van der Waals surface area (Å²) < 4.78 is 0. The van der Waals surface area contributed by atoms with Gasteiger partial charge >= 0.3 is 0 Å². The van der Waals surface area contributed by atoms with Gasteiger partial charge in [-0.05, 0) is 30.5 Å². The van der Waals surface area contributed by atoms with Crippen LogP contribution in [0, 0.1) is 0 Å². The Labute approximate surface area is 137 Å². The first-order valence-corrected chi connectivity index (χ1v) is 6.87. The van der Waals surface area contributed by atoms with Crippen molar-refractivity contribution in [2.75, 3.05) is 7.05 Å². The average Bonchev–Trinajstić information content (AvgIpc) is 2.87. The molecule has 0 atom stereocenters. The van der Waals surface area contributed by atoms with Crippen LogP contribution >= 0.6 is 35.6 Å². The maximum Gasteiger partial charge on any atom is 0.191 e. The fourth-order valence-corrected chi connectivity index (χ4v) is 2.50. The summed E-state index contributed by atoms with van der Waals surface area (Å²) in [5, 5.41) is 7.55. The lowest BCUT2D eigenvalue weighted by Crippen LogP contribution is -2.41. The van der Waals surface area contributed by atoms with E-state index in [0.717, 1.165) is 23.1 Å². The fourth-order valence-electron chi connectivity index (χ4n) is 2.29. The fraction of sp³-hybridized carbons (Fsp3) is 0.500. The van der Waals surface area contributed by atoms with Crippen LogP contribution in [0.3, 0.4) is 0 Å². The van der Waals surface area contributed by atoms with Gasteiger partial charge in [0, 0.05) is 24.7 Å². The van der Waals surface area contributed by atoms with Gasteiger partial charge in [-0.2, -0.15) is 0 Å². The molecule has 2 N–H and O–H groups in total. The van der Waals surface area contributed by atoms with E-state index >= 15 is 0 Å². The lowest BCUT2D eigenvalue weighted by atomic mass is 10.2. The van der Waals surface area contributed by atoms with Gasteiger partial charge in [0.25, 0.3) is 0 Å². The van der Waals surface area contributed by atoms with Gasteiger partial charge in [-0.25, -0.2) is 0 Å². The van der Waals surface area contributed by atoms with E-state index in [1.165, 1.54) is 25.7 Å². The minimum Gasteiger partial charge on any atom is -0.354 e. The molecule has 1 saturated carbocycles. The van der Waals surface area contributed by atoms with Crippen LogP contribution in [-0.2, 0) is 6.54 Å². The molecule has 5 heteroatoms. The van der Waals surface area contributed by atoms with E-state index in [4.69, 9.17) is 11.6 Å². The predicted octanol–water partition coefficient (Wildman–Crippen LogP) is 3.57. The molecule has 1 fully saturated rings. The van der Waals surface area contributed by atoms with Gasteiger partial charge in [0.1, 0.15) is 0 Å². The Morgan fingerprint density at radius 1 is 1.37 bits per heavy atom. The molecule has 2 rings (SSSR count). The first-order chi connectivity index (χ1) is 8.78. The van der Waals surface area contributed by atoms with Gasteiger partial charge in [0.2, 0.25) is 0 Å². The molecular formula is C14H21ClIN3. The van der Waals surface area contributed by atoms with Crippen molar-refractivity contribution in [3.05, 3.63) is 34.9 Å². The lowest BCUT2D eigenvalue weighted by molar-refractivity contribution is 0.613. The second kappa shape index (κ2) is 8.64. The number of halogens is 2. The molecule has 0 spiro atoms. The highest BCUT2D eigenvalue weighted by Gasteiger charge is 2.15. The molecule has 0 unspecified atom stereocenters. The summed E-state index contributed by atoms with van der Waals surface area (Å²) in [6.07, 6.45) is 5.14. The molecule has 19 heavy (non-hydrogen) atoms. The first-order valence-electron chi connectivity index (χ1n) is 6.49. The molecule has 106 valence electrons. The molecule has 1 aliphatic rings. The van der Waals surface area contributed by atoms with Crippen LogP contribution in [0.25, 0.3) is 0 Å². The quantitative estimate of drug-likeness (QED) is 0.468. The van der Waals surface area contributed by atoms with Crippen LogP contribution < -0.4 is 10.6 Å². The van der Waals surface area contributed by atoms with Gasteiger partial charge in [-0.3, -0.25) is 4.99 Å². The number of nitrogens with one attached hydrogen (secondary N) is 2. The van der Waals surface area contributed by atoms with Gasteiger partial charge in [-0.15, -0.1) is 24.0 Å². The Hall–Kier alpha value is -0.490. The van der Waals surface area contributed by atoms with Crippen LogP contribution in [0.5, 0.6) is 0 Å². The van der Waals surface area contributed by atoms with Crippen molar-refractivity contribution < 1.29 is 0 Å². The minimum absolute atomic E-state index is 0. The largest absolute Gasteiger partial charge is 0.354 e. The zero-order chi connectivity index (χ0) is 12.8. The Morgan fingerprint density at radius 2 is 2.11 bits per heavy atom. The summed E-state index contributed by atoms with van der Waals surface area (Å²) in [7, 11) is 1.81. The third-order valence-corrected chi connectivity index (χ3v) is 3.50. The van der Waals surface area contributed by atoms with E-state index in [9.17, 15) is 0 Å². The van der Waals surface area contributed by atoms with E-state index in [1.807, 2.05) is 25.2 Å². The Bertz CT molecular complexity index is 417. The molecule has 0 amide bonds. The maximum atomic E-state index is 5.96. The standard InChI is InChI=1S/C14H20ClN3.HI/c1-16-14(18-13-7-2-3-8-13)17-10-11-5-4-6-12(15)9-11;/h4-6,9,13H,2-3,7-8,10H2,1H3,(H2,16,17,18);1H. The normalized spacial score (nSPS) is 16.0. The van der Waals surface area contributed by atoms with Crippen LogP contribution in [0.4, 0.5) is 0 Å². The van der Waals surface area contributed by atoms with Crippen molar-refractivity contribution >= 4 is 41.5 Å². The van der Waals surface area contributed by atoms with Crippen LogP contribution in [0.1, 0.15) is 31.2 Å². The second-order valence-electron chi connectivity index (χ2n) is 4.68. The summed E-state index contributed by atoms with van der Waals surface area (Å²) in [6.45, 7) is 0.743. The lowest BCUT2D eigenvalue weighted by Gasteiger charge is -2.16. The predicted molar refractivity (Wildman–Crippen MR) is 92.5 cm³/mol. The van der Waals surface area contributed by atoms with Gasteiger partial charge in [0.05, 0.1) is 0 Å². The van der Waals surface area contributed by atoms with Crippen LogP contribution in [0.15, 0.2) is 29.3 Å². The van der Waals surface area contributed by atoms with Gasteiger partial charge in [-0.1, -0.05) is 36.6 Å². The topological polar surface area (TPSA) is 36.4 Å². The number of hydrogen-bond donors (Lipinski definition) is 2. The molecule has 1 aromatic carbocycles. The number of benzene rings is 1. The Balaban J connectivity index is 0.00000180. The molecular weight excluding hydrogens is 373 g/mol. The molecule has 3 nitrogen and oxygen atoms in total. The molecule has 0 radical (unpaired) electrons. The number of hydrogen-bond acceptors (Lipinski definition) is 1. The average molecular weight is 394 g/mol. The number of guanidine groups is 1. The summed E-state index contributed by atoms with van der Waals surface area (Å²) in [5.41, 5.74) is 1.16. The summed E-state index contributed by atoms with van der Waals surface area (Å²) in [6, 6.07) is 8.46. The third-order valence-electron chi connectivity index (χ3n) is 3.27. The highest BCUT2D eigenvalue weighted by atomic mass is 127.